The van der Waals surface area contributed by atoms with Gasteiger partial charge in [-0.25, -0.2) is 0 Å². The average molecular weight is 268 g/mol. The molecule has 1 aliphatic heterocycles. The summed E-state index contributed by atoms with van der Waals surface area (Å²) >= 11 is 0. The van der Waals surface area contributed by atoms with E-state index in [-0.39, 0.29) is 17.9 Å². The Kier molecular flexibility index (Phi) is 5.64. The molecule has 19 heavy (non-hydrogen) atoms. The molecular formula is C15H28N2O2. The summed E-state index contributed by atoms with van der Waals surface area (Å²) in [5, 5.41) is 3.45. The lowest BCUT2D eigenvalue weighted by Gasteiger charge is -2.33. The van der Waals surface area contributed by atoms with Gasteiger partial charge in [-0.05, 0) is 25.8 Å². The largest absolute Gasteiger partial charge is 0.379 e. The van der Waals surface area contributed by atoms with Crippen molar-refractivity contribution in [3.63, 3.8) is 0 Å². The van der Waals surface area contributed by atoms with Crippen molar-refractivity contribution in [3.8, 4) is 0 Å². The lowest BCUT2D eigenvalue weighted by molar-refractivity contribution is -0.137. The molecule has 0 radical (unpaired) electrons. The molecule has 0 aromatic rings. The Morgan fingerprint density at radius 2 is 2.00 bits per heavy atom. The van der Waals surface area contributed by atoms with E-state index in [1.807, 2.05) is 11.9 Å². The maximum absolute atomic E-state index is 12.6. The molecule has 0 spiro atoms. The fourth-order valence-electron chi connectivity index (χ4n) is 3.24. The van der Waals surface area contributed by atoms with Crippen molar-refractivity contribution in [3.05, 3.63) is 0 Å². The first kappa shape index (κ1) is 14.8. The number of nitrogens with zero attached hydrogens (tertiary/aromatic N) is 1. The van der Waals surface area contributed by atoms with Gasteiger partial charge in [0.25, 0.3) is 0 Å². The molecule has 1 saturated carbocycles. The van der Waals surface area contributed by atoms with Gasteiger partial charge in [-0.2, -0.15) is 0 Å². The minimum absolute atomic E-state index is 0.0125. The Hall–Kier alpha value is -0.610. The third kappa shape index (κ3) is 3.69. The molecule has 2 rings (SSSR count). The average Bonchev–Trinajstić information content (AvgIpc) is 2.92. The van der Waals surface area contributed by atoms with Gasteiger partial charge in [-0.15, -0.1) is 0 Å². The molecule has 2 unspecified atom stereocenters. The smallest absolute Gasteiger partial charge is 0.229 e. The van der Waals surface area contributed by atoms with E-state index in [4.69, 9.17) is 4.74 Å². The van der Waals surface area contributed by atoms with Crippen LogP contribution in [0.25, 0.3) is 0 Å². The van der Waals surface area contributed by atoms with E-state index in [2.05, 4.69) is 12.2 Å². The molecule has 1 aliphatic carbocycles. The molecule has 2 atom stereocenters. The molecule has 4 nitrogen and oxygen atoms in total. The van der Waals surface area contributed by atoms with E-state index in [0.29, 0.717) is 19.3 Å². The predicted octanol–water partition coefficient (Wildman–Crippen LogP) is 1.79. The SMILES string of the molecule is CCCNC1COCC1C(=O)N(C)C1CCCCC1. The summed E-state index contributed by atoms with van der Waals surface area (Å²) in [5.74, 6) is 0.288. The molecular weight excluding hydrogens is 240 g/mol. The summed E-state index contributed by atoms with van der Waals surface area (Å²) in [6, 6.07) is 0.659. The molecule has 1 N–H and O–H groups in total. The van der Waals surface area contributed by atoms with Crippen LogP contribution < -0.4 is 5.32 Å². The highest BCUT2D eigenvalue weighted by molar-refractivity contribution is 5.80. The fraction of sp³-hybridized carbons (Fsp3) is 0.933. The van der Waals surface area contributed by atoms with Crippen molar-refractivity contribution in [1.29, 1.82) is 0 Å². The number of amides is 1. The third-order valence-corrected chi connectivity index (χ3v) is 4.52. The molecule has 0 bridgehead atoms. The van der Waals surface area contributed by atoms with Gasteiger partial charge in [0.1, 0.15) is 0 Å². The zero-order valence-electron chi connectivity index (χ0n) is 12.4. The van der Waals surface area contributed by atoms with Crippen molar-refractivity contribution in [2.75, 3.05) is 26.8 Å². The molecule has 1 heterocycles. The molecule has 1 amide bonds. The summed E-state index contributed by atoms with van der Waals surface area (Å²) < 4.78 is 5.52. The van der Waals surface area contributed by atoms with Crippen molar-refractivity contribution in [2.24, 2.45) is 5.92 Å². The number of nitrogens with one attached hydrogen (secondary N) is 1. The highest BCUT2D eigenvalue weighted by Crippen LogP contribution is 2.24. The lowest BCUT2D eigenvalue weighted by Crippen LogP contribution is -2.48. The van der Waals surface area contributed by atoms with Gasteiger partial charge in [-0.3, -0.25) is 4.79 Å². The normalized spacial score (nSPS) is 28.5. The zero-order chi connectivity index (χ0) is 13.7. The van der Waals surface area contributed by atoms with Crippen LogP contribution in [0.1, 0.15) is 45.4 Å². The van der Waals surface area contributed by atoms with E-state index < -0.39 is 0 Å². The minimum atomic E-state index is 0.0125. The second kappa shape index (κ2) is 7.25. The van der Waals surface area contributed by atoms with Gasteiger partial charge < -0.3 is 15.0 Å². The maximum atomic E-state index is 12.6. The van der Waals surface area contributed by atoms with E-state index in [1.165, 1.54) is 32.1 Å². The van der Waals surface area contributed by atoms with Gasteiger partial charge in [0.15, 0.2) is 0 Å². The monoisotopic (exact) mass is 268 g/mol. The number of carbonyl (C=O) groups excluding carboxylic acids is 1. The van der Waals surface area contributed by atoms with Crippen LogP contribution in [0.2, 0.25) is 0 Å². The van der Waals surface area contributed by atoms with E-state index in [0.717, 1.165) is 13.0 Å². The van der Waals surface area contributed by atoms with Crippen LogP contribution in [0.3, 0.4) is 0 Å². The van der Waals surface area contributed by atoms with Crippen LogP contribution in [0.15, 0.2) is 0 Å². The van der Waals surface area contributed by atoms with Crippen molar-refractivity contribution >= 4 is 5.91 Å². The first-order chi connectivity index (χ1) is 9.24. The summed E-state index contributed by atoms with van der Waals surface area (Å²) in [6.45, 7) is 4.37. The Morgan fingerprint density at radius 3 is 2.68 bits per heavy atom. The van der Waals surface area contributed by atoms with Gasteiger partial charge in [0.2, 0.25) is 5.91 Å². The Morgan fingerprint density at radius 1 is 1.26 bits per heavy atom. The first-order valence-electron chi connectivity index (χ1n) is 7.81. The first-order valence-corrected chi connectivity index (χ1v) is 7.81. The predicted molar refractivity (Wildman–Crippen MR) is 76.0 cm³/mol. The highest BCUT2D eigenvalue weighted by Gasteiger charge is 2.37. The van der Waals surface area contributed by atoms with Crippen molar-refractivity contribution in [1.82, 2.24) is 10.2 Å². The highest BCUT2D eigenvalue weighted by atomic mass is 16.5. The molecule has 4 heteroatoms. The summed E-state index contributed by atoms with van der Waals surface area (Å²) in [4.78, 5) is 14.6. The van der Waals surface area contributed by atoms with Gasteiger partial charge >= 0.3 is 0 Å². The molecule has 1 saturated heterocycles. The van der Waals surface area contributed by atoms with Gasteiger partial charge in [0.05, 0.1) is 19.1 Å². The third-order valence-electron chi connectivity index (χ3n) is 4.52. The van der Waals surface area contributed by atoms with Crippen molar-refractivity contribution < 1.29 is 9.53 Å². The lowest BCUT2D eigenvalue weighted by atomic mass is 9.93. The molecule has 0 aromatic carbocycles. The molecule has 110 valence electrons. The topological polar surface area (TPSA) is 41.6 Å². The number of hydrogen-bond acceptors (Lipinski definition) is 3. The number of carbonyl (C=O) groups is 1. The second-order valence-electron chi connectivity index (χ2n) is 5.95. The van der Waals surface area contributed by atoms with Crippen LogP contribution in [0.5, 0.6) is 0 Å². The summed E-state index contributed by atoms with van der Waals surface area (Å²) in [6.07, 6.45) is 7.29. The molecule has 2 aliphatic rings. The van der Waals surface area contributed by atoms with Crippen LogP contribution >= 0.6 is 0 Å². The number of rotatable bonds is 5. The van der Waals surface area contributed by atoms with Crippen LogP contribution in [0.4, 0.5) is 0 Å². The molecule has 0 aromatic heterocycles. The number of ether oxygens (including phenoxy) is 1. The van der Waals surface area contributed by atoms with Crippen LogP contribution in [-0.2, 0) is 9.53 Å². The van der Waals surface area contributed by atoms with Crippen LogP contribution in [0, 0.1) is 5.92 Å². The Bertz CT molecular complexity index is 290. The van der Waals surface area contributed by atoms with Crippen LogP contribution in [-0.4, -0.2) is 49.7 Å². The Balaban J connectivity index is 1.89. The summed E-state index contributed by atoms with van der Waals surface area (Å²) in [5.41, 5.74) is 0. The number of hydrogen-bond donors (Lipinski definition) is 1. The quantitative estimate of drug-likeness (QED) is 0.826. The van der Waals surface area contributed by atoms with E-state index in [1.54, 1.807) is 0 Å². The van der Waals surface area contributed by atoms with Crippen molar-refractivity contribution in [2.45, 2.75) is 57.5 Å². The zero-order valence-corrected chi connectivity index (χ0v) is 12.4. The van der Waals surface area contributed by atoms with E-state index in [9.17, 15) is 4.79 Å². The summed E-state index contributed by atoms with van der Waals surface area (Å²) in [7, 11) is 1.98. The van der Waals surface area contributed by atoms with Gasteiger partial charge in [-0.1, -0.05) is 26.2 Å². The second-order valence-corrected chi connectivity index (χ2v) is 5.95. The maximum Gasteiger partial charge on any atom is 0.229 e. The fourth-order valence-corrected chi connectivity index (χ4v) is 3.24. The Labute approximate surface area is 116 Å². The van der Waals surface area contributed by atoms with E-state index >= 15 is 0 Å². The van der Waals surface area contributed by atoms with Gasteiger partial charge in [0, 0.05) is 19.1 Å². The minimum Gasteiger partial charge on any atom is -0.379 e. The standard InChI is InChI=1S/C15H28N2O2/c1-3-9-16-14-11-19-10-13(14)15(18)17(2)12-7-5-4-6-8-12/h12-14,16H,3-11H2,1-2H3. The molecule has 2 fully saturated rings.